The average molecular weight is 399 g/mol. The molecule has 0 atom stereocenters. The molecule has 0 aliphatic carbocycles. The molecule has 0 unspecified atom stereocenters. The molecule has 0 radical (unpaired) electrons. The molecule has 2 aromatic carbocycles. The van der Waals surface area contributed by atoms with Gasteiger partial charge in [0.05, 0.1) is 12.2 Å². The van der Waals surface area contributed by atoms with Crippen LogP contribution in [-0.4, -0.2) is 27.4 Å². The Balaban J connectivity index is 1.60. The fourth-order valence-electron chi connectivity index (χ4n) is 2.77. The first kappa shape index (κ1) is 18.2. The minimum Gasteiger partial charge on any atom is -0.311 e. The van der Waals surface area contributed by atoms with Crippen molar-refractivity contribution in [1.29, 1.82) is 0 Å². The average Bonchev–Trinajstić information content (AvgIpc) is 2.86. The van der Waals surface area contributed by atoms with Crippen molar-refractivity contribution in [2.24, 2.45) is 0 Å². The number of rotatable bonds is 6. The standard InChI is InChI=1S/C17H16Cl2N2O3S/c18-14-6-5-13(15(19)10-14)11-25(23,24)20-7-8-21-16-4-2-1-3-12(16)9-17(21)22/h1-6,10,20H,7-9,11H2. The van der Waals surface area contributed by atoms with E-state index in [0.29, 0.717) is 22.0 Å². The molecule has 1 aliphatic heterocycles. The molecule has 2 aromatic rings. The highest BCUT2D eigenvalue weighted by Gasteiger charge is 2.26. The third-order valence-electron chi connectivity index (χ3n) is 3.94. The van der Waals surface area contributed by atoms with Crippen molar-refractivity contribution < 1.29 is 13.2 Å². The Morgan fingerprint density at radius 2 is 1.88 bits per heavy atom. The van der Waals surface area contributed by atoms with Crippen LogP contribution in [0.3, 0.4) is 0 Å². The Morgan fingerprint density at radius 3 is 2.64 bits per heavy atom. The molecule has 0 fully saturated rings. The molecule has 1 heterocycles. The van der Waals surface area contributed by atoms with Gasteiger partial charge < -0.3 is 4.90 Å². The van der Waals surface area contributed by atoms with E-state index in [2.05, 4.69) is 4.72 Å². The SMILES string of the molecule is O=C1Cc2ccccc2N1CCNS(=O)(=O)Cc1ccc(Cl)cc1Cl. The van der Waals surface area contributed by atoms with Crippen LogP contribution in [0.5, 0.6) is 0 Å². The first-order valence-corrected chi connectivity index (χ1v) is 10.1. The summed E-state index contributed by atoms with van der Waals surface area (Å²) >= 11 is 11.8. The minimum absolute atomic E-state index is 0.0267. The minimum atomic E-state index is -3.57. The molecule has 1 amide bonds. The lowest BCUT2D eigenvalue weighted by Crippen LogP contribution is -2.37. The van der Waals surface area contributed by atoms with Crippen molar-refractivity contribution in [3.8, 4) is 0 Å². The van der Waals surface area contributed by atoms with Crippen LogP contribution in [0.25, 0.3) is 0 Å². The van der Waals surface area contributed by atoms with Gasteiger partial charge in [0.25, 0.3) is 0 Å². The van der Waals surface area contributed by atoms with Gasteiger partial charge in [0.15, 0.2) is 0 Å². The number of amides is 1. The summed E-state index contributed by atoms with van der Waals surface area (Å²) in [5.41, 5.74) is 2.27. The molecule has 1 aliphatic rings. The van der Waals surface area contributed by atoms with Crippen molar-refractivity contribution in [2.75, 3.05) is 18.0 Å². The second-order valence-electron chi connectivity index (χ2n) is 5.74. The maximum Gasteiger partial charge on any atom is 0.231 e. The van der Waals surface area contributed by atoms with E-state index in [9.17, 15) is 13.2 Å². The smallest absolute Gasteiger partial charge is 0.231 e. The van der Waals surface area contributed by atoms with Gasteiger partial charge in [-0.2, -0.15) is 0 Å². The third-order valence-corrected chi connectivity index (χ3v) is 5.87. The van der Waals surface area contributed by atoms with Crippen LogP contribution in [0, 0.1) is 0 Å². The van der Waals surface area contributed by atoms with Gasteiger partial charge in [-0.3, -0.25) is 4.79 Å². The molecule has 3 rings (SSSR count). The van der Waals surface area contributed by atoms with Crippen molar-refractivity contribution in [1.82, 2.24) is 4.72 Å². The monoisotopic (exact) mass is 398 g/mol. The number of anilines is 1. The number of nitrogens with one attached hydrogen (secondary N) is 1. The normalized spacial score (nSPS) is 14.0. The van der Waals surface area contributed by atoms with Gasteiger partial charge in [-0.15, -0.1) is 0 Å². The van der Waals surface area contributed by atoms with Crippen molar-refractivity contribution in [3.63, 3.8) is 0 Å². The number of benzene rings is 2. The van der Waals surface area contributed by atoms with Crippen LogP contribution < -0.4 is 9.62 Å². The molecule has 0 aromatic heterocycles. The first-order chi connectivity index (χ1) is 11.9. The maximum absolute atomic E-state index is 12.2. The van der Waals surface area contributed by atoms with Gasteiger partial charge in [-0.25, -0.2) is 13.1 Å². The second-order valence-corrected chi connectivity index (χ2v) is 8.39. The zero-order valence-electron chi connectivity index (χ0n) is 13.2. The number of sulfonamides is 1. The number of hydrogen-bond acceptors (Lipinski definition) is 3. The summed E-state index contributed by atoms with van der Waals surface area (Å²) in [6.07, 6.45) is 0.351. The number of para-hydroxylation sites is 1. The Bertz CT molecular complexity index is 916. The molecule has 0 saturated carbocycles. The molecule has 0 spiro atoms. The van der Waals surface area contributed by atoms with Crippen molar-refractivity contribution >= 4 is 44.8 Å². The van der Waals surface area contributed by atoms with E-state index in [1.54, 1.807) is 17.0 Å². The highest BCUT2D eigenvalue weighted by molar-refractivity contribution is 7.88. The summed E-state index contributed by atoms with van der Waals surface area (Å²) in [7, 11) is -3.57. The zero-order valence-corrected chi connectivity index (χ0v) is 15.5. The quantitative estimate of drug-likeness (QED) is 0.812. The van der Waals surface area contributed by atoms with Gasteiger partial charge in [-0.1, -0.05) is 47.5 Å². The van der Waals surface area contributed by atoms with E-state index in [4.69, 9.17) is 23.2 Å². The predicted octanol–water partition coefficient (Wildman–Crippen LogP) is 3.00. The van der Waals surface area contributed by atoms with Gasteiger partial charge in [0, 0.05) is 28.8 Å². The zero-order chi connectivity index (χ0) is 18.0. The lowest BCUT2D eigenvalue weighted by molar-refractivity contribution is -0.117. The molecule has 0 bridgehead atoms. The number of carbonyl (C=O) groups excluding carboxylic acids is 1. The predicted molar refractivity (Wildman–Crippen MR) is 99.6 cm³/mol. The molecule has 132 valence electrons. The van der Waals surface area contributed by atoms with Crippen LogP contribution >= 0.6 is 23.2 Å². The molecular weight excluding hydrogens is 383 g/mol. The largest absolute Gasteiger partial charge is 0.311 e. The number of nitrogens with zero attached hydrogens (tertiary/aromatic N) is 1. The Labute approximate surface area is 156 Å². The summed E-state index contributed by atoms with van der Waals surface area (Å²) in [4.78, 5) is 13.7. The molecular formula is C17H16Cl2N2O3S. The Morgan fingerprint density at radius 1 is 1.12 bits per heavy atom. The summed E-state index contributed by atoms with van der Waals surface area (Å²) in [6, 6.07) is 12.2. The van der Waals surface area contributed by atoms with E-state index in [1.165, 1.54) is 6.07 Å². The molecule has 25 heavy (non-hydrogen) atoms. The summed E-state index contributed by atoms with van der Waals surface area (Å²) < 4.78 is 27.0. The highest BCUT2D eigenvalue weighted by atomic mass is 35.5. The van der Waals surface area contributed by atoms with E-state index >= 15 is 0 Å². The topological polar surface area (TPSA) is 66.5 Å². The number of fused-ring (bicyclic) bond motifs is 1. The van der Waals surface area contributed by atoms with Crippen molar-refractivity contribution in [3.05, 3.63) is 63.6 Å². The Kier molecular flexibility index (Phi) is 5.34. The lowest BCUT2D eigenvalue weighted by Gasteiger charge is -2.17. The molecule has 1 N–H and O–H groups in total. The van der Waals surface area contributed by atoms with E-state index in [1.807, 2.05) is 24.3 Å². The second kappa shape index (κ2) is 7.33. The van der Waals surface area contributed by atoms with Gasteiger partial charge in [-0.05, 0) is 29.3 Å². The summed E-state index contributed by atoms with van der Waals surface area (Å²) in [5.74, 6) is -0.269. The van der Waals surface area contributed by atoms with Gasteiger partial charge in [0.1, 0.15) is 0 Å². The fourth-order valence-corrected chi connectivity index (χ4v) is 4.49. The maximum atomic E-state index is 12.2. The summed E-state index contributed by atoms with van der Waals surface area (Å²) in [5, 5.41) is 0.756. The van der Waals surface area contributed by atoms with Gasteiger partial charge >= 0.3 is 0 Å². The number of carbonyl (C=O) groups is 1. The Hall–Kier alpha value is -1.60. The van der Waals surface area contributed by atoms with Crippen LogP contribution in [0.4, 0.5) is 5.69 Å². The number of hydrogen-bond donors (Lipinski definition) is 1. The molecule has 8 heteroatoms. The van der Waals surface area contributed by atoms with Crippen LogP contribution in [0.1, 0.15) is 11.1 Å². The number of halogens is 2. The lowest BCUT2D eigenvalue weighted by atomic mass is 10.2. The molecule has 0 saturated heterocycles. The van der Waals surface area contributed by atoms with Crippen molar-refractivity contribution in [2.45, 2.75) is 12.2 Å². The van der Waals surface area contributed by atoms with Gasteiger partial charge in [0.2, 0.25) is 15.9 Å². The van der Waals surface area contributed by atoms with E-state index in [0.717, 1.165) is 11.3 Å². The van der Waals surface area contributed by atoms with Crippen LogP contribution in [-0.2, 0) is 27.0 Å². The van der Waals surface area contributed by atoms with E-state index < -0.39 is 10.0 Å². The first-order valence-electron chi connectivity index (χ1n) is 7.65. The fraction of sp³-hybridized carbons (Fsp3) is 0.235. The van der Waals surface area contributed by atoms with Crippen LogP contribution in [0.2, 0.25) is 10.0 Å². The summed E-state index contributed by atoms with van der Waals surface area (Å²) in [6.45, 7) is 0.414. The third kappa shape index (κ3) is 4.33. The van der Waals surface area contributed by atoms with E-state index in [-0.39, 0.29) is 24.7 Å². The highest BCUT2D eigenvalue weighted by Crippen LogP contribution is 2.28. The molecule has 5 nitrogen and oxygen atoms in total. The van der Waals surface area contributed by atoms with Crippen LogP contribution in [0.15, 0.2) is 42.5 Å².